The molecule has 3 aromatic rings. The zero-order valence-corrected chi connectivity index (χ0v) is 12.7. The molecule has 124 valence electrons. The summed E-state index contributed by atoms with van der Waals surface area (Å²) in [5.41, 5.74) is -0.145. The third-order valence-corrected chi connectivity index (χ3v) is 3.54. The number of alkyl halides is 3. The molecule has 0 unspecified atom stereocenters. The lowest BCUT2D eigenvalue weighted by molar-refractivity contribution is -0.136. The molecular weight excluding hydrogens is 321 g/mol. The average Bonchev–Trinajstić information content (AvgIpc) is 2.95. The van der Waals surface area contributed by atoms with Crippen molar-refractivity contribution in [2.75, 3.05) is 6.61 Å². The molecule has 1 heterocycles. The molecule has 0 saturated carbocycles. The van der Waals surface area contributed by atoms with E-state index in [1.54, 1.807) is 13.0 Å². The number of rotatable bonds is 3. The van der Waals surface area contributed by atoms with Gasteiger partial charge in [0, 0.05) is 10.9 Å². The van der Waals surface area contributed by atoms with Crippen LogP contribution < -0.4 is 0 Å². The lowest BCUT2D eigenvalue weighted by atomic mass is 10.0. The Kier molecular flexibility index (Phi) is 4.05. The first-order valence-corrected chi connectivity index (χ1v) is 7.28. The van der Waals surface area contributed by atoms with Crippen molar-refractivity contribution in [1.82, 2.24) is 0 Å². The summed E-state index contributed by atoms with van der Waals surface area (Å²) in [5, 5.41) is 0.00877. The smallest absolute Gasteiger partial charge is 0.420 e. The third-order valence-electron chi connectivity index (χ3n) is 3.54. The molecule has 0 aliphatic carbocycles. The highest BCUT2D eigenvalue weighted by Crippen LogP contribution is 2.43. The molecule has 0 aliphatic rings. The average molecular weight is 334 g/mol. The highest BCUT2D eigenvalue weighted by molar-refractivity contribution is 5.91. The third kappa shape index (κ3) is 2.87. The first kappa shape index (κ1) is 16.1. The fourth-order valence-electron chi connectivity index (χ4n) is 2.50. The molecular formula is C18H13F3O3. The predicted molar refractivity (Wildman–Crippen MR) is 82.6 cm³/mol. The zero-order chi connectivity index (χ0) is 17.3. The van der Waals surface area contributed by atoms with Crippen molar-refractivity contribution >= 4 is 16.9 Å². The number of ether oxygens (including phenoxy) is 1. The van der Waals surface area contributed by atoms with Crippen LogP contribution in [0.3, 0.4) is 0 Å². The molecule has 0 N–H and O–H groups in total. The van der Waals surface area contributed by atoms with Gasteiger partial charge in [-0.2, -0.15) is 13.2 Å². The van der Waals surface area contributed by atoms with E-state index in [0.717, 1.165) is 0 Å². The lowest BCUT2D eigenvalue weighted by Crippen LogP contribution is -2.06. The number of fused-ring (bicyclic) bond motifs is 1. The van der Waals surface area contributed by atoms with Crippen LogP contribution in [-0.4, -0.2) is 12.6 Å². The van der Waals surface area contributed by atoms with Gasteiger partial charge in [-0.15, -0.1) is 0 Å². The Labute approximate surface area is 135 Å². The van der Waals surface area contributed by atoms with Crippen molar-refractivity contribution in [3.63, 3.8) is 0 Å². The van der Waals surface area contributed by atoms with Gasteiger partial charge in [-0.25, -0.2) is 4.79 Å². The van der Waals surface area contributed by atoms with Crippen molar-refractivity contribution in [1.29, 1.82) is 0 Å². The van der Waals surface area contributed by atoms with Gasteiger partial charge in [0.05, 0.1) is 12.2 Å². The standard InChI is InChI=1S/C18H13F3O3/c1-2-23-17(22)12-9-7-11(8-10-12)16-15(18(19,20)21)13-5-3-4-6-14(13)24-16/h3-10H,2H2,1H3. The van der Waals surface area contributed by atoms with Crippen molar-refractivity contribution in [3.8, 4) is 11.3 Å². The van der Waals surface area contributed by atoms with Crippen LogP contribution >= 0.6 is 0 Å². The molecule has 24 heavy (non-hydrogen) atoms. The van der Waals surface area contributed by atoms with Crippen molar-refractivity contribution < 1.29 is 27.1 Å². The van der Waals surface area contributed by atoms with E-state index in [1.807, 2.05) is 0 Å². The van der Waals surface area contributed by atoms with E-state index in [4.69, 9.17) is 9.15 Å². The molecule has 0 amide bonds. The number of halogens is 3. The van der Waals surface area contributed by atoms with Crippen molar-refractivity contribution in [2.45, 2.75) is 13.1 Å². The second-order valence-corrected chi connectivity index (χ2v) is 5.10. The summed E-state index contributed by atoms with van der Waals surface area (Å²) in [4.78, 5) is 11.6. The molecule has 2 aromatic carbocycles. The van der Waals surface area contributed by atoms with Crippen LogP contribution in [0.4, 0.5) is 13.2 Å². The number of hydrogen-bond acceptors (Lipinski definition) is 3. The van der Waals surface area contributed by atoms with Crippen LogP contribution in [0.25, 0.3) is 22.3 Å². The Bertz CT molecular complexity index is 877. The van der Waals surface area contributed by atoms with Gasteiger partial charge in [-0.05, 0) is 25.1 Å². The molecule has 0 atom stereocenters. The number of benzene rings is 2. The number of carbonyl (C=O) groups is 1. The highest BCUT2D eigenvalue weighted by Gasteiger charge is 2.38. The maximum absolute atomic E-state index is 13.5. The van der Waals surface area contributed by atoms with E-state index >= 15 is 0 Å². The Morgan fingerprint density at radius 3 is 2.38 bits per heavy atom. The van der Waals surface area contributed by atoms with Gasteiger partial charge in [-0.3, -0.25) is 0 Å². The highest BCUT2D eigenvalue weighted by atomic mass is 19.4. The minimum atomic E-state index is -4.55. The van der Waals surface area contributed by atoms with Crippen molar-refractivity contribution in [2.24, 2.45) is 0 Å². The first-order chi connectivity index (χ1) is 11.4. The van der Waals surface area contributed by atoms with Gasteiger partial charge >= 0.3 is 12.1 Å². The molecule has 0 bridgehead atoms. The van der Waals surface area contributed by atoms with Gasteiger partial charge < -0.3 is 9.15 Å². The van der Waals surface area contributed by atoms with Gasteiger partial charge in [0.15, 0.2) is 0 Å². The summed E-state index contributed by atoms with van der Waals surface area (Å²) < 4.78 is 50.7. The normalized spacial score (nSPS) is 11.7. The molecule has 1 aromatic heterocycles. The maximum Gasteiger partial charge on any atom is 0.420 e. The monoisotopic (exact) mass is 334 g/mol. The van der Waals surface area contributed by atoms with E-state index in [-0.39, 0.29) is 34.5 Å². The van der Waals surface area contributed by atoms with Crippen LogP contribution in [0.15, 0.2) is 52.9 Å². The lowest BCUT2D eigenvalue weighted by Gasteiger charge is -2.08. The van der Waals surface area contributed by atoms with Crippen LogP contribution in [0, 0.1) is 0 Å². The Hall–Kier alpha value is -2.76. The molecule has 0 radical (unpaired) electrons. The summed E-state index contributed by atoms with van der Waals surface area (Å²) >= 11 is 0. The zero-order valence-electron chi connectivity index (χ0n) is 12.7. The van der Waals surface area contributed by atoms with Gasteiger partial charge in [0.1, 0.15) is 16.9 Å². The second-order valence-electron chi connectivity index (χ2n) is 5.10. The van der Waals surface area contributed by atoms with E-state index in [1.165, 1.54) is 42.5 Å². The topological polar surface area (TPSA) is 39.4 Å². The van der Waals surface area contributed by atoms with E-state index in [9.17, 15) is 18.0 Å². The van der Waals surface area contributed by atoms with Gasteiger partial charge in [-0.1, -0.05) is 30.3 Å². The van der Waals surface area contributed by atoms with Gasteiger partial charge in [0.2, 0.25) is 0 Å². The Morgan fingerprint density at radius 1 is 1.08 bits per heavy atom. The molecule has 3 nitrogen and oxygen atoms in total. The minimum Gasteiger partial charge on any atom is -0.462 e. The summed E-state index contributed by atoms with van der Waals surface area (Å²) in [5.74, 6) is -0.788. The van der Waals surface area contributed by atoms with Crippen molar-refractivity contribution in [3.05, 3.63) is 59.7 Å². The number of hydrogen-bond donors (Lipinski definition) is 0. The van der Waals surface area contributed by atoms with E-state index in [0.29, 0.717) is 0 Å². The fraction of sp³-hybridized carbons (Fsp3) is 0.167. The van der Waals surface area contributed by atoms with Crippen LogP contribution in [0.5, 0.6) is 0 Å². The largest absolute Gasteiger partial charge is 0.462 e. The number of para-hydroxylation sites is 1. The van der Waals surface area contributed by atoms with Gasteiger partial charge in [0.25, 0.3) is 0 Å². The maximum atomic E-state index is 13.5. The van der Waals surface area contributed by atoms with Crippen LogP contribution in [0.1, 0.15) is 22.8 Å². The number of furan rings is 1. The fourth-order valence-corrected chi connectivity index (χ4v) is 2.50. The Morgan fingerprint density at radius 2 is 1.75 bits per heavy atom. The quantitative estimate of drug-likeness (QED) is 0.611. The number of esters is 1. The van der Waals surface area contributed by atoms with Crippen LogP contribution in [-0.2, 0) is 10.9 Å². The summed E-state index contributed by atoms with van der Waals surface area (Å²) in [6.07, 6.45) is -4.55. The predicted octanol–water partition coefficient (Wildman–Crippen LogP) is 5.30. The Balaban J connectivity index is 2.11. The molecule has 0 spiro atoms. The second kappa shape index (κ2) is 6.03. The SMILES string of the molecule is CCOC(=O)c1ccc(-c2oc3ccccc3c2C(F)(F)F)cc1. The van der Waals surface area contributed by atoms with E-state index < -0.39 is 17.7 Å². The molecule has 0 saturated heterocycles. The van der Waals surface area contributed by atoms with Crippen LogP contribution in [0.2, 0.25) is 0 Å². The first-order valence-electron chi connectivity index (χ1n) is 7.28. The minimum absolute atomic E-state index is 0.00877. The van der Waals surface area contributed by atoms with E-state index in [2.05, 4.69) is 0 Å². The molecule has 3 rings (SSSR count). The molecule has 0 fully saturated rings. The summed E-state index contributed by atoms with van der Waals surface area (Å²) in [7, 11) is 0. The summed E-state index contributed by atoms with van der Waals surface area (Å²) in [6, 6.07) is 11.7. The molecule has 0 aliphatic heterocycles. The molecule has 6 heteroatoms. The number of carbonyl (C=O) groups excluding carboxylic acids is 1. The summed E-state index contributed by atoms with van der Waals surface area (Å²) in [6.45, 7) is 1.90.